The maximum atomic E-state index is 2.40. The van der Waals surface area contributed by atoms with Gasteiger partial charge in [-0.1, -0.05) is 0 Å². The molecule has 33 valence electrons. The number of piperidine rings is 1. The molecule has 2 atom stereocenters. The van der Waals surface area contributed by atoms with Crippen molar-refractivity contribution in [3.05, 3.63) is 6.54 Å². The average molecular weight is 82.1 g/mol. The normalized spacial score (nSPS) is 52.0. The van der Waals surface area contributed by atoms with Gasteiger partial charge >= 0.3 is 0 Å². The highest BCUT2D eigenvalue weighted by atomic mass is 15.3. The summed E-state index contributed by atoms with van der Waals surface area (Å²) in [5.41, 5.74) is 0. The summed E-state index contributed by atoms with van der Waals surface area (Å²) in [5, 5.41) is 0. The molecular weight excluding hydrogens is 74.1 g/mol. The molecule has 2 aliphatic heterocycles. The highest BCUT2D eigenvalue weighted by molar-refractivity contribution is 5.06. The van der Waals surface area contributed by atoms with E-state index in [9.17, 15) is 0 Å². The molecule has 1 heteroatoms. The summed E-state index contributed by atoms with van der Waals surface area (Å²) in [6, 6.07) is 0.921. The Morgan fingerprint density at radius 1 is 1.67 bits per heavy atom. The topological polar surface area (TPSA) is 3.01 Å². The van der Waals surface area contributed by atoms with Crippen molar-refractivity contribution in [2.24, 2.45) is 0 Å². The van der Waals surface area contributed by atoms with Crippen molar-refractivity contribution in [1.29, 1.82) is 0 Å². The van der Waals surface area contributed by atoms with Crippen LogP contribution in [-0.2, 0) is 0 Å². The van der Waals surface area contributed by atoms with Gasteiger partial charge in [0.15, 0.2) is 0 Å². The van der Waals surface area contributed by atoms with Gasteiger partial charge in [-0.3, -0.25) is 4.90 Å². The Bertz CT molecular complexity index is 62.3. The van der Waals surface area contributed by atoms with E-state index in [0.29, 0.717) is 0 Å². The first kappa shape index (κ1) is 3.03. The Morgan fingerprint density at radius 3 is 2.83 bits per heavy atom. The van der Waals surface area contributed by atoms with E-state index in [4.69, 9.17) is 0 Å². The maximum absolute atomic E-state index is 2.40. The van der Waals surface area contributed by atoms with Gasteiger partial charge in [0.05, 0.1) is 0 Å². The van der Waals surface area contributed by atoms with Gasteiger partial charge < -0.3 is 0 Å². The first-order valence-electron chi connectivity index (χ1n) is 2.57. The molecule has 0 N–H and O–H groups in total. The number of nitrogens with zero attached hydrogens (tertiary/aromatic N) is 1. The lowest BCUT2D eigenvalue weighted by atomic mass is 10.3. The van der Waals surface area contributed by atoms with Crippen LogP contribution in [0.5, 0.6) is 0 Å². The minimum absolute atomic E-state index is 0.921. The molecule has 0 saturated carbocycles. The van der Waals surface area contributed by atoms with Crippen molar-refractivity contribution in [2.45, 2.75) is 18.9 Å². The third-order valence-electron chi connectivity index (χ3n) is 1.62. The number of fused-ring (bicyclic) bond motifs is 1. The van der Waals surface area contributed by atoms with Gasteiger partial charge in [-0.15, -0.1) is 0 Å². The van der Waals surface area contributed by atoms with Crippen LogP contribution in [0.15, 0.2) is 0 Å². The predicted octanol–water partition coefficient (Wildman–Crippen LogP) is 0.626. The van der Waals surface area contributed by atoms with Gasteiger partial charge in [-0.05, 0) is 19.4 Å². The quantitative estimate of drug-likeness (QED) is 0.387. The van der Waals surface area contributed by atoms with Crippen LogP contribution >= 0.6 is 0 Å². The van der Waals surface area contributed by atoms with E-state index in [1.165, 1.54) is 19.4 Å². The van der Waals surface area contributed by atoms with Crippen LogP contribution in [0.3, 0.4) is 0 Å². The van der Waals surface area contributed by atoms with Crippen molar-refractivity contribution in [2.75, 3.05) is 6.54 Å². The Kier molecular flexibility index (Phi) is 0.396. The molecule has 1 radical (unpaired) electrons. The van der Waals surface area contributed by atoms with Crippen LogP contribution in [0, 0.1) is 6.54 Å². The van der Waals surface area contributed by atoms with E-state index in [1.807, 2.05) is 0 Å². The molecule has 0 aromatic rings. The monoisotopic (exact) mass is 82.1 g/mol. The van der Waals surface area contributed by atoms with E-state index < -0.39 is 0 Å². The third kappa shape index (κ3) is 0.243. The lowest BCUT2D eigenvalue weighted by Gasteiger charge is -1.82. The summed E-state index contributed by atoms with van der Waals surface area (Å²) >= 11 is 0. The highest BCUT2D eigenvalue weighted by Gasteiger charge is 2.38. The molecule has 2 fully saturated rings. The van der Waals surface area contributed by atoms with Gasteiger partial charge in [0.1, 0.15) is 0 Å². The molecule has 0 aromatic carbocycles. The van der Waals surface area contributed by atoms with Crippen molar-refractivity contribution >= 4 is 0 Å². The smallest absolute Gasteiger partial charge is 0.0426 e. The van der Waals surface area contributed by atoms with Crippen LogP contribution in [0.2, 0.25) is 0 Å². The van der Waals surface area contributed by atoms with Gasteiger partial charge in [-0.2, -0.15) is 0 Å². The fourth-order valence-corrected chi connectivity index (χ4v) is 1.15. The zero-order valence-corrected chi connectivity index (χ0v) is 3.72. The summed E-state index contributed by atoms with van der Waals surface area (Å²) in [4.78, 5) is 2.40. The Hall–Kier alpha value is -0.0400. The van der Waals surface area contributed by atoms with Gasteiger partial charge in [0, 0.05) is 12.6 Å². The molecule has 2 unspecified atom stereocenters. The Morgan fingerprint density at radius 2 is 2.67 bits per heavy atom. The molecule has 6 heavy (non-hydrogen) atoms. The second-order valence-electron chi connectivity index (χ2n) is 2.10. The minimum Gasteiger partial charge on any atom is -0.293 e. The molecule has 0 aromatic heterocycles. The minimum atomic E-state index is 0.921. The van der Waals surface area contributed by atoms with E-state index in [1.54, 1.807) is 0 Å². The van der Waals surface area contributed by atoms with Crippen LogP contribution in [0.1, 0.15) is 12.8 Å². The first-order chi connectivity index (χ1) is 2.97. The largest absolute Gasteiger partial charge is 0.293 e. The summed E-state index contributed by atoms with van der Waals surface area (Å²) in [5.74, 6) is 0. The third-order valence-corrected chi connectivity index (χ3v) is 1.62. The summed E-state index contributed by atoms with van der Waals surface area (Å²) in [6.07, 6.45) is 2.86. The van der Waals surface area contributed by atoms with Gasteiger partial charge in [-0.25, -0.2) is 0 Å². The van der Waals surface area contributed by atoms with Gasteiger partial charge in [0.25, 0.3) is 0 Å². The molecule has 2 aliphatic rings. The van der Waals surface area contributed by atoms with Crippen molar-refractivity contribution in [3.63, 3.8) is 0 Å². The fourth-order valence-electron chi connectivity index (χ4n) is 1.15. The first-order valence-corrected chi connectivity index (χ1v) is 2.57. The lowest BCUT2D eigenvalue weighted by molar-refractivity contribution is 0.615. The van der Waals surface area contributed by atoms with Crippen molar-refractivity contribution < 1.29 is 0 Å². The zero-order valence-electron chi connectivity index (χ0n) is 3.72. The van der Waals surface area contributed by atoms with Crippen molar-refractivity contribution in [1.82, 2.24) is 4.90 Å². The molecule has 0 aliphatic carbocycles. The van der Waals surface area contributed by atoms with Crippen LogP contribution < -0.4 is 0 Å². The molecule has 0 spiro atoms. The standard InChI is InChI=1S/C5H8N/c1-2-5-4-6(5)3-1/h4-5H,1-3H2. The molecular formula is C5H8N. The number of hydrogen-bond donors (Lipinski definition) is 0. The summed E-state index contributed by atoms with van der Waals surface area (Å²) < 4.78 is 0. The maximum Gasteiger partial charge on any atom is 0.0426 e. The van der Waals surface area contributed by atoms with E-state index >= 15 is 0 Å². The Balaban J connectivity index is 2.09. The molecule has 0 amide bonds. The average Bonchev–Trinajstić information content (AvgIpc) is 2.17. The van der Waals surface area contributed by atoms with Crippen LogP contribution in [0.4, 0.5) is 0 Å². The van der Waals surface area contributed by atoms with Crippen LogP contribution in [0.25, 0.3) is 0 Å². The lowest BCUT2D eigenvalue weighted by Crippen LogP contribution is -1.88. The number of hydrogen-bond acceptors (Lipinski definition) is 1. The molecule has 2 rings (SSSR count). The SMILES string of the molecule is [CH]1C2CCCN12. The molecule has 0 bridgehead atoms. The predicted molar refractivity (Wildman–Crippen MR) is 24.0 cm³/mol. The highest BCUT2D eigenvalue weighted by Crippen LogP contribution is 2.33. The van der Waals surface area contributed by atoms with E-state index in [2.05, 4.69) is 11.4 Å². The van der Waals surface area contributed by atoms with Crippen LogP contribution in [-0.4, -0.2) is 17.5 Å². The zero-order chi connectivity index (χ0) is 3.98. The van der Waals surface area contributed by atoms with Gasteiger partial charge in [0.2, 0.25) is 0 Å². The molecule has 2 saturated heterocycles. The summed E-state index contributed by atoms with van der Waals surface area (Å²) in [7, 11) is 0. The second-order valence-corrected chi connectivity index (χ2v) is 2.10. The second kappa shape index (κ2) is 0.784. The van der Waals surface area contributed by atoms with Crippen molar-refractivity contribution in [3.8, 4) is 0 Å². The Labute approximate surface area is 37.9 Å². The molecule has 2 heterocycles. The fraction of sp³-hybridized carbons (Fsp3) is 0.800. The van der Waals surface area contributed by atoms with E-state index in [-0.39, 0.29) is 0 Å². The van der Waals surface area contributed by atoms with E-state index in [0.717, 1.165) is 6.04 Å². The summed E-state index contributed by atoms with van der Waals surface area (Å²) in [6.45, 7) is 3.65. The molecule has 1 nitrogen and oxygen atoms in total. The number of rotatable bonds is 0.